The van der Waals surface area contributed by atoms with Gasteiger partial charge in [-0.25, -0.2) is 4.98 Å². The van der Waals surface area contributed by atoms with Crippen molar-refractivity contribution in [3.63, 3.8) is 0 Å². The van der Waals surface area contributed by atoms with Gasteiger partial charge in [-0.1, -0.05) is 42.5 Å². The Morgan fingerprint density at radius 3 is 2.26 bits per heavy atom. The second-order valence-corrected chi connectivity index (χ2v) is 9.76. The summed E-state index contributed by atoms with van der Waals surface area (Å²) in [5.41, 5.74) is 1.70. The quantitative estimate of drug-likeness (QED) is 0.0942. The van der Waals surface area contributed by atoms with Crippen LogP contribution in [0.25, 0.3) is 0 Å². The van der Waals surface area contributed by atoms with Crippen molar-refractivity contribution in [1.29, 1.82) is 5.26 Å². The first-order chi connectivity index (χ1) is 20.8. The normalized spacial score (nSPS) is 12.1. The molecule has 43 heavy (non-hydrogen) atoms. The van der Waals surface area contributed by atoms with Gasteiger partial charge in [-0.2, -0.15) is 5.26 Å². The van der Waals surface area contributed by atoms with Crippen LogP contribution in [0.3, 0.4) is 0 Å². The standard InChI is InChI=1S/C32H28N6O5/c1-18-21(17-33)31(34-14-13-19-7-4-3-5-8-19)36-32(35-15-16-43-2)28(18)38-37-22-10-6-9-20-25(22)30(42)27-24(40)12-11-23(39)26(27)29(20)41/h3-12,39-40H,13-16H2,1-2H3,(H2,34,35,36)/b38-37+. The van der Waals surface area contributed by atoms with E-state index in [-0.39, 0.29) is 39.2 Å². The number of benzene rings is 3. The summed E-state index contributed by atoms with van der Waals surface area (Å²) < 4.78 is 5.16. The number of phenolic OH excluding ortho intramolecular Hbond substituents is 2. The van der Waals surface area contributed by atoms with Crippen molar-refractivity contribution in [2.45, 2.75) is 13.3 Å². The van der Waals surface area contributed by atoms with E-state index >= 15 is 0 Å². The van der Waals surface area contributed by atoms with Crippen LogP contribution in [0.15, 0.2) is 70.9 Å². The fourth-order valence-electron chi connectivity index (χ4n) is 4.90. The highest BCUT2D eigenvalue weighted by molar-refractivity contribution is 6.31. The number of nitriles is 1. The first kappa shape index (κ1) is 28.9. The molecule has 1 aliphatic carbocycles. The monoisotopic (exact) mass is 576 g/mol. The molecule has 1 aromatic heterocycles. The summed E-state index contributed by atoms with van der Waals surface area (Å²) >= 11 is 0. The van der Waals surface area contributed by atoms with Gasteiger partial charge < -0.3 is 25.6 Å². The van der Waals surface area contributed by atoms with Gasteiger partial charge in [0.1, 0.15) is 29.1 Å². The van der Waals surface area contributed by atoms with Gasteiger partial charge in [0.2, 0.25) is 5.78 Å². The van der Waals surface area contributed by atoms with Crippen molar-refractivity contribution < 1.29 is 24.5 Å². The summed E-state index contributed by atoms with van der Waals surface area (Å²) in [7, 11) is 1.57. The highest BCUT2D eigenvalue weighted by atomic mass is 16.5. The van der Waals surface area contributed by atoms with Gasteiger partial charge in [-0.3, -0.25) is 9.59 Å². The second kappa shape index (κ2) is 12.5. The van der Waals surface area contributed by atoms with E-state index in [0.717, 1.165) is 24.1 Å². The highest BCUT2D eigenvalue weighted by Crippen LogP contribution is 2.41. The van der Waals surface area contributed by atoms with Crippen molar-refractivity contribution in [2.75, 3.05) is 37.4 Å². The Bertz CT molecular complexity index is 1800. The van der Waals surface area contributed by atoms with Crippen LogP contribution in [0.4, 0.5) is 23.0 Å². The van der Waals surface area contributed by atoms with Gasteiger partial charge in [0.25, 0.3) is 0 Å². The van der Waals surface area contributed by atoms with E-state index in [1.165, 1.54) is 12.1 Å². The predicted octanol–water partition coefficient (Wildman–Crippen LogP) is 5.58. The Morgan fingerprint density at radius 1 is 0.860 bits per heavy atom. The van der Waals surface area contributed by atoms with Crippen LogP contribution >= 0.6 is 0 Å². The number of hydrogen-bond donors (Lipinski definition) is 4. The third-order valence-corrected chi connectivity index (χ3v) is 7.06. The molecule has 0 bridgehead atoms. The van der Waals surface area contributed by atoms with Crippen molar-refractivity contribution >= 4 is 34.6 Å². The summed E-state index contributed by atoms with van der Waals surface area (Å²) in [5, 5.41) is 45.8. The molecule has 216 valence electrons. The lowest BCUT2D eigenvalue weighted by Crippen LogP contribution is -2.21. The van der Waals surface area contributed by atoms with Crippen molar-refractivity contribution in [3.8, 4) is 17.6 Å². The number of ketones is 2. The maximum Gasteiger partial charge on any atom is 0.200 e. The fourth-order valence-corrected chi connectivity index (χ4v) is 4.90. The maximum atomic E-state index is 13.5. The molecule has 4 aromatic rings. The SMILES string of the molecule is COCCNc1nc(NCCc2ccccc2)c(C#N)c(C)c1/N=N/c1cccc2c1C(=O)c1c(O)ccc(O)c1C2=O. The van der Waals surface area contributed by atoms with Crippen LogP contribution in [0.5, 0.6) is 11.5 Å². The molecule has 1 heterocycles. The minimum absolute atomic E-state index is 0.0267. The summed E-state index contributed by atoms with van der Waals surface area (Å²) in [6.45, 7) is 3.05. The molecule has 3 aromatic carbocycles. The summed E-state index contributed by atoms with van der Waals surface area (Å²) in [6, 6.07) is 19.0. The molecular formula is C32H28N6O5. The van der Waals surface area contributed by atoms with E-state index < -0.39 is 23.1 Å². The van der Waals surface area contributed by atoms with E-state index in [1.807, 2.05) is 30.3 Å². The summed E-state index contributed by atoms with van der Waals surface area (Å²) in [6.07, 6.45) is 0.725. The molecule has 0 amide bonds. The number of aromatic nitrogens is 1. The molecule has 0 aliphatic heterocycles. The van der Waals surface area contributed by atoms with Crippen molar-refractivity contribution in [2.24, 2.45) is 10.2 Å². The number of ether oxygens (including phenoxy) is 1. The number of aromatic hydroxyl groups is 2. The number of carbonyl (C=O) groups is 2. The van der Waals surface area contributed by atoms with Crippen LogP contribution in [0, 0.1) is 18.3 Å². The summed E-state index contributed by atoms with van der Waals surface area (Å²) in [4.78, 5) is 31.4. The molecule has 5 rings (SSSR count). The number of carbonyl (C=O) groups excluding carboxylic acids is 2. The maximum absolute atomic E-state index is 13.5. The number of azo groups is 1. The lowest BCUT2D eigenvalue weighted by molar-refractivity contribution is 0.0974. The highest BCUT2D eigenvalue weighted by Gasteiger charge is 2.36. The van der Waals surface area contributed by atoms with Crippen LogP contribution in [0.1, 0.15) is 48.5 Å². The van der Waals surface area contributed by atoms with Gasteiger partial charge in [0.15, 0.2) is 11.6 Å². The predicted molar refractivity (Wildman–Crippen MR) is 160 cm³/mol. The van der Waals surface area contributed by atoms with E-state index in [9.17, 15) is 25.1 Å². The molecule has 0 unspecified atom stereocenters. The Balaban J connectivity index is 1.53. The molecule has 0 radical (unpaired) electrons. The molecule has 11 nitrogen and oxygen atoms in total. The van der Waals surface area contributed by atoms with Gasteiger partial charge in [-0.05, 0) is 37.1 Å². The first-order valence-electron chi connectivity index (χ1n) is 13.5. The molecule has 0 spiro atoms. The van der Waals surface area contributed by atoms with Crippen molar-refractivity contribution in [1.82, 2.24) is 4.98 Å². The van der Waals surface area contributed by atoms with Gasteiger partial charge >= 0.3 is 0 Å². The number of rotatable bonds is 10. The van der Waals surface area contributed by atoms with E-state index in [1.54, 1.807) is 20.1 Å². The Morgan fingerprint density at radius 2 is 1.56 bits per heavy atom. The second-order valence-electron chi connectivity index (χ2n) is 9.76. The number of nitrogens with one attached hydrogen (secondary N) is 2. The number of hydrogen-bond acceptors (Lipinski definition) is 11. The molecular weight excluding hydrogens is 548 g/mol. The lowest BCUT2D eigenvalue weighted by atomic mass is 9.82. The molecule has 0 fully saturated rings. The molecule has 0 saturated heterocycles. The molecule has 1 aliphatic rings. The average molecular weight is 577 g/mol. The zero-order chi connectivity index (χ0) is 30.5. The number of nitrogens with zero attached hydrogens (tertiary/aromatic N) is 4. The number of pyridine rings is 1. The lowest BCUT2D eigenvalue weighted by Gasteiger charge is -2.20. The number of anilines is 2. The van der Waals surface area contributed by atoms with Gasteiger partial charge in [0.05, 0.1) is 34.5 Å². The molecule has 4 N–H and O–H groups in total. The van der Waals surface area contributed by atoms with Gasteiger partial charge in [0, 0.05) is 31.3 Å². The minimum atomic E-state index is -0.670. The Hall–Kier alpha value is -5.60. The fraction of sp³-hybridized carbons (Fsp3) is 0.188. The van der Waals surface area contributed by atoms with E-state index in [0.29, 0.717) is 36.9 Å². The zero-order valence-electron chi connectivity index (χ0n) is 23.5. The topological polar surface area (TPSA) is 169 Å². The van der Waals surface area contributed by atoms with Crippen LogP contribution in [0.2, 0.25) is 0 Å². The Labute approximate surface area is 247 Å². The number of phenols is 2. The van der Waals surface area contributed by atoms with E-state index in [4.69, 9.17) is 4.74 Å². The summed E-state index contributed by atoms with van der Waals surface area (Å²) in [5.74, 6) is -1.38. The van der Waals surface area contributed by atoms with Crippen molar-refractivity contribution in [3.05, 3.63) is 99.6 Å². The molecule has 11 heteroatoms. The average Bonchev–Trinajstić information content (AvgIpc) is 3.01. The smallest absolute Gasteiger partial charge is 0.200 e. The third kappa shape index (κ3) is 5.64. The van der Waals surface area contributed by atoms with Crippen LogP contribution in [-0.2, 0) is 11.2 Å². The zero-order valence-corrected chi connectivity index (χ0v) is 23.5. The first-order valence-corrected chi connectivity index (χ1v) is 13.5. The van der Waals surface area contributed by atoms with Crippen LogP contribution < -0.4 is 10.6 Å². The molecule has 0 atom stereocenters. The van der Waals surface area contributed by atoms with Crippen LogP contribution in [-0.4, -0.2) is 53.6 Å². The number of fused-ring (bicyclic) bond motifs is 2. The van der Waals surface area contributed by atoms with Gasteiger partial charge in [-0.15, -0.1) is 10.2 Å². The number of methoxy groups -OCH3 is 1. The largest absolute Gasteiger partial charge is 0.507 e. The molecule has 0 saturated carbocycles. The Kier molecular flexibility index (Phi) is 8.41. The third-order valence-electron chi connectivity index (χ3n) is 7.06. The minimum Gasteiger partial charge on any atom is -0.507 e. The van der Waals surface area contributed by atoms with E-state index in [2.05, 4.69) is 31.9 Å².